The summed E-state index contributed by atoms with van der Waals surface area (Å²) in [6.07, 6.45) is 1.93. The fourth-order valence-corrected chi connectivity index (χ4v) is 3.06. The normalized spacial score (nSPS) is 11.4. The number of nitrogens with zero attached hydrogens (tertiary/aromatic N) is 1. The lowest BCUT2D eigenvalue weighted by molar-refractivity contribution is 0.581. The van der Waals surface area contributed by atoms with Gasteiger partial charge in [0.2, 0.25) is 0 Å². The van der Waals surface area contributed by atoms with Gasteiger partial charge < -0.3 is 4.43 Å². The largest absolute Gasteiger partial charge is 1.00 e. The molecule has 1 heterocycles. The first kappa shape index (κ1) is 14.0. The predicted molar refractivity (Wildman–Crippen MR) is 86.7 cm³/mol. The lowest BCUT2D eigenvalue weighted by Crippen LogP contribution is -2.11. The molecule has 0 saturated carbocycles. The van der Waals surface area contributed by atoms with Gasteiger partial charge in [-0.2, -0.15) is 0 Å². The van der Waals surface area contributed by atoms with E-state index >= 15 is 0 Å². The van der Waals surface area contributed by atoms with E-state index in [-0.39, 0.29) is 1.43 Å². The Balaban J connectivity index is 0.00000200. The summed E-state index contributed by atoms with van der Waals surface area (Å²) in [6, 6.07) is 8.26. The third-order valence-electron chi connectivity index (χ3n) is 2.65. The number of aliphatic imine (C=N–C) groups is 1. The summed E-state index contributed by atoms with van der Waals surface area (Å²) in [5.74, 6) is 0.893. The first-order chi connectivity index (χ1) is 9.06. The van der Waals surface area contributed by atoms with E-state index in [0.717, 1.165) is 11.4 Å². The number of hydrogen-bond donors (Lipinski definition) is 0. The second-order valence-electron chi connectivity index (χ2n) is 4.71. The molecule has 0 bridgehead atoms. The van der Waals surface area contributed by atoms with Gasteiger partial charge >= 0.3 is 1.43 Å². The van der Waals surface area contributed by atoms with Crippen LogP contribution in [0.25, 0.3) is 0 Å². The molecule has 0 spiro atoms. The SMILES string of the molecule is Cc1ccc(N=Cc2sccc2C)c(O[Si](C)C)c1.[H+]. The minimum atomic E-state index is -0.776. The van der Waals surface area contributed by atoms with Crippen LogP contribution in [0.4, 0.5) is 5.69 Å². The van der Waals surface area contributed by atoms with E-state index in [1.807, 2.05) is 12.3 Å². The molecule has 0 saturated heterocycles. The Labute approximate surface area is 122 Å². The average molecular weight is 289 g/mol. The maximum absolute atomic E-state index is 5.92. The quantitative estimate of drug-likeness (QED) is 0.582. The van der Waals surface area contributed by atoms with Crippen LogP contribution in [-0.4, -0.2) is 15.3 Å². The molecule has 0 atom stereocenters. The maximum Gasteiger partial charge on any atom is 1.00 e. The minimum Gasteiger partial charge on any atom is -0.541 e. The van der Waals surface area contributed by atoms with Gasteiger partial charge in [0.25, 0.3) is 9.04 Å². The van der Waals surface area contributed by atoms with Gasteiger partial charge in [-0.3, -0.25) is 4.99 Å². The second kappa shape index (κ2) is 6.17. The Morgan fingerprint density at radius 3 is 2.68 bits per heavy atom. The van der Waals surface area contributed by atoms with Crippen LogP contribution in [0.1, 0.15) is 17.4 Å². The highest BCUT2D eigenvalue weighted by Gasteiger charge is 2.06. The third-order valence-corrected chi connectivity index (χ3v) is 4.23. The van der Waals surface area contributed by atoms with Gasteiger partial charge in [-0.25, -0.2) is 0 Å². The van der Waals surface area contributed by atoms with Crippen molar-refractivity contribution in [1.82, 2.24) is 0 Å². The monoisotopic (exact) mass is 289 g/mol. The van der Waals surface area contributed by atoms with Crippen molar-refractivity contribution in [3.05, 3.63) is 45.6 Å². The molecule has 0 amide bonds. The lowest BCUT2D eigenvalue weighted by atomic mass is 10.2. The molecule has 1 radical (unpaired) electrons. The fourth-order valence-electron chi connectivity index (χ4n) is 1.67. The minimum absolute atomic E-state index is 0. The topological polar surface area (TPSA) is 21.6 Å². The molecule has 2 nitrogen and oxygen atoms in total. The van der Waals surface area contributed by atoms with E-state index in [1.165, 1.54) is 16.0 Å². The molecule has 0 fully saturated rings. The second-order valence-corrected chi connectivity index (χ2v) is 7.68. The van der Waals surface area contributed by atoms with Crippen LogP contribution in [0.15, 0.2) is 34.6 Å². The van der Waals surface area contributed by atoms with E-state index in [9.17, 15) is 0 Å². The van der Waals surface area contributed by atoms with Crippen molar-refractivity contribution in [2.24, 2.45) is 4.99 Å². The van der Waals surface area contributed by atoms with E-state index in [1.54, 1.807) is 11.3 Å². The Kier molecular flexibility index (Phi) is 4.55. The maximum atomic E-state index is 5.92. The molecule has 0 aliphatic rings. The number of benzene rings is 1. The highest BCUT2D eigenvalue weighted by Crippen LogP contribution is 2.29. The van der Waals surface area contributed by atoms with E-state index in [4.69, 9.17) is 4.43 Å². The Hall–Kier alpha value is -1.39. The van der Waals surface area contributed by atoms with Crippen LogP contribution in [0, 0.1) is 13.8 Å². The van der Waals surface area contributed by atoms with Gasteiger partial charge in [0.15, 0.2) is 0 Å². The van der Waals surface area contributed by atoms with Gasteiger partial charge in [-0.05, 0) is 61.6 Å². The summed E-state index contributed by atoms with van der Waals surface area (Å²) in [5, 5.41) is 2.09. The van der Waals surface area contributed by atoms with Gasteiger partial charge in [0.1, 0.15) is 11.4 Å². The molecule has 0 unspecified atom stereocenters. The lowest BCUT2D eigenvalue weighted by Gasteiger charge is -2.11. The molecule has 0 aliphatic heterocycles. The van der Waals surface area contributed by atoms with Crippen LogP contribution in [0.2, 0.25) is 13.1 Å². The van der Waals surface area contributed by atoms with Crippen molar-refractivity contribution in [1.29, 1.82) is 0 Å². The standard InChI is InChI=1S/C15H18NOSSi/c1-11-5-6-13(14(9-11)17-19(3)4)16-10-15-12(2)7-8-18-15/h5-10H,1-4H3/p+1. The number of aryl methyl sites for hydroxylation is 2. The van der Waals surface area contributed by atoms with Gasteiger partial charge in [-0.15, -0.1) is 11.3 Å². The molecule has 2 aromatic rings. The van der Waals surface area contributed by atoms with Crippen LogP contribution in [0.5, 0.6) is 5.75 Å². The first-order valence-electron chi connectivity index (χ1n) is 6.23. The summed E-state index contributed by atoms with van der Waals surface area (Å²) in [4.78, 5) is 5.78. The molecular formula is C15H19NOSSi+. The fraction of sp³-hybridized carbons (Fsp3) is 0.267. The summed E-state index contributed by atoms with van der Waals surface area (Å²) < 4.78 is 5.92. The molecule has 0 N–H and O–H groups in total. The zero-order chi connectivity index (χ0) is 13.8. The van der Waals surface area contributed by atoms with Crippen molar-refractivity contribution in [3.63, 3.8) is 0 Å². The Morgan fingerprint density at radius 1 is 1.26 bits per heavy atom. The van der Waals surface area contributed by atoms with Crippen molar-refractivity contribution < 1.29 is 5.85 Å². The van der Waals surface area contributed by atoms with Crippen molar-refractivity contribution >= 4 is 32.3 Å². The van der Waals surface area contributed by atoms with Crippen LogP contribution in [0.3, 0.4) is 0 Å². The van der Waals surface area contributed by atoms with Crippen LogP contribution < -0.4 is 4.43 Å². The molecular weight excluding hydrogens is 270 g/mol. The predicted octanol–water partition coefficient (Wildman–Crippen LogP) is 4.86. The van der Waals surface area contributed by atoms with Crippen molar-refractivity contribution in [2.75, 3.05) is 0 Å². The van der Waals surface area contributed by atoms with Crippen LogP contribution >= 0.6 is 11.3 Å². The molecule has 2 rings (SSSR count). The first-order valence-corrected chi connectivity index (χ1v) is 9.52. The number of rotatable bonds is 4. The highest BCUT2D eigenvalue weighted by atomic mass is 32.1. The zero-order valence-corrected chi connectivity index (χ0v) is 13.5. The van der Waals surface area contributed by atoms with E-state index < -0.39 is 9.04 Å². The van der Waals surface area contributed by atoms with Crippen LogP contribution in [-0.2, 0) is 0 Å². The molecule has 99 valence electrons. The molecule has 1 aromatic carbocycles. The van der Waals surface area contributed by atoms with E-state index in [2.05, 4.69) is 55.5 Å². The summed E-state index contributed by atoms with van der Waals surface area (Å²) >= 11 is 1.71. The smallest absolute Gasteiger partial charge is 0.541 e. The third kappa shape index (κ3) is 3.78. The average Bonchev–Trinajstić information content (AvgIpc) is 2.73. The summed E-state index contributed by atoms with van der Waals surface area (Å²) in [7, 11) is -0.776. The summed E-state index contributed by atoms with van der Waals surface area (Å²) in [5.41, 5.74) is 3.37. The van der Waals surface area contributed by atoms with Crippen molar-refractivity contribution in [2.45, 2.75) is 26.9 Å². The summed E-state index contributed by atoms with van der Waals surface area (Å²) in [6.45, 7) is 8.43. The molecule has 19 heavy (non-hydrogen) atoms. The number of thiophene rings is 1. The van der Waals surface area contributed by atoms with E-state index in [0.29, 0.717) is 0 Å². The molecule has 1 aromatic heterocycles. The Morgan fingerprint density at radius 2 is 2.05 bits per heavy atom. The molecule has 0 aliphatic carbocycles. The Bertz CT molecular complexity index is 595. The van der Waals surface area contributed by atoms with Crippen molar-refractivity contribution in [3.8, 4) is 5.75 Å². The zero-order valence-electron chi connectivity index (χ0n) is 12.7. The van der Waals surface area contributed by atoms with Gasteiger partial charge in [-0.1, -0.05) is 6.07 Å². The van der Waals surface area contributed by atoms with Gasteiger partial charge in [0, 0.05) is 11.1 Å². The number of hydrogen-bond acceptors (Lipinski definition) is 3. The highest BCUT2D eigenvalue weighted by molar-refractivity contribution is 7.11. The van der Waals surface area contributed by atoms with Gasteiger partial charge in [0.05, 0.1) is 0 Å². The molecule has 4 heteroatoms.